The van der Waals surface area contributed by atoms with E-state index in [4.69, 9.17) is 4.52 Å². The Kier molecular flexibility index (Phi) is 4.51. The van der Waals surface area contributed by atoms with Gasteiger partial charge in [-0.25, -0.2) is 8.42 Å². The molecule has 2 aromatic heterocycles. The normalized spacial score (nSPS) is 11.4. The molecule has 8 heteroatoms. The van der Waals surface area contributed by atoms with Crippen LogP contribution in [0.15, 0.2) is 81.5 Å². The molecule has 0 fully saturated rings. The van der Waals surface area contributed by atoms with Crippen molar-refractivity contribution in [2.75, 3.05) is 11.4 Å². The van der Waals surface area contributed by atoms with Gasteiger partial charge in [-0.05, 0) is 23.6 Å². The topological polar surface area (TPSA) is 76.3 Å². The van der Waals surface area contributed by atoms with Crippen molar-refractivity contribution in [1.82, 2.24) is 10.1 Å². The van der Waals surface area contributed by atoms with E-state index in [0.717, 1.165) is 5.56 Å². The minimum absolute atomic E-state index is 0.141. The molecule has 0 unspecified atom stereocenters. The molecule has 0 saturated carbocycles. The van der Waals surface area contributed by atoms with Crippen LogP contribution in [-0.2, 0) is 10.0 Å². The third-order valence-corrected chi connectivity index (χ3v) is 6.90. The monoisotopic (exact) mass is 397 g/mol. The minimum atomic E-state index is -3.77. The summed E-state index contributed by atoms with van der Waals surface area (Å²) in [5, 5.41) is 5.68. The van der Waals surface area contributed by atoms with Crippen molar-refractivity contribution >= 4 is 27.0 Å². The molecule has 4 aromatic rings. The third kappa shape index (κ3) is 3.24. The van der Waals surface area contributed by atoms with Crippen LogP contribution in [0, 0.1) is 0 Å². The van der Waals surface area contributed by atoms with E-state index in [1.54, 1.807) is 35.7 Å². The number of nitrogens with zero attached hydrogens (tertiary/aromatic N) is 3. The minimum Gasteiger partial charge on any atom is -0.333 e. The van der Waals surface area contributed by atoms with E-state index in [-0.39, 0.29) is 10.8 Å². The number of anilines is 1. The van der Waals surface area contributed by atoms with Crippen LogP contribution < -0.4 is 4.31 Å². The second kappa shape index (κ2) is 6.98. The van der Waals surface area contributed by atoms with Gasteiger partial charge in [-0.3, -0.25) is 4.31 Å². The maximum absolute atomic E-state index is 13.1. The van der Waals surface area contributed by atoms with E-state index in [2.05, 4.69) is 10.1 Å². The van der Waals surface area contributed by atoms with Gasteiger partial charge in [-0.2, -0.15) is 4.98 Å². The van der Waals surface area contributed by atoms with Gasteiger partial charge in [-0.1, -0.05) is 53.7 Å². The van der Waals surface area contributed by atoms with Crippen LogP contribution in [-0.4, -0.2) is 25.6 Å². The molecule has 0 saturated heterocycles. The van der Waals surface area contributed by atoms with Gasteiger partial charge in [0.05, 0.1) is 5.69 Å². The molecule has 0 aliphatic rings. The maximum atomic E-state index is 13.1. The van der Waals surface area contributed by atoms with Crippen molar-refractivity contribution in [3.05, 3.63) is 72.1 Å². The number of thiophene rings is 1. The SMILES string of the molecule is CN(c1ccccc1)S(=O)(=O)c1ccsc1-c1nc(-c2ccccc2)no1. The Morgan fingerprint density at radius 1 is 0.963 bits per heavy atom. The fourth-order valence-corrected chi connectivity index (χ4v) is 5.11. The molecule has 2 heterocycles. The van der Waals surface area contributed by atoms with E-state index in [1.807, 2.05) is 36.4 Å². The number of rotatable bonds is 5. The van der Waals surface area contributed by atoms with Gasteiger partial charge in [0.2, 0.25) is 5.82 Å². The second-order valence-electron chi connectivity index (χ2n) is 5.71. The van der Waals surface area contributed by atoms with Crippen LogP contribution in [0.1, 0.15) is 0 Å². The first-order valence-electron chi connectivity index (χ1n) is 8.08. The van der Waals surface area contributed by atoms with Crippen molar-refractivity contribution in [3.8, 4) is 22.2 Å². The average molecular weight is 397 g/mol. The second-order valence-corrected chi connectivity index (χ2v) is 8.57. The fourth-order valence-electron chi connectivity index (χ4n) is 2.60. The lowest BCUT2D eigenvalue weighted by molar-refractivity contribution is 0.432. The summed E-state index contributed by atoms with van der Waals surface area (Å²) >= 11 is 1.25. The number of hydrogen-bond donors (Lipinski definition) is 0. The summed E-state index contributed by atoms with van der Waals surface area (Å²) < 4.78 is 32.8. The summed E-state index contributed by atoms with van der Waals surface area (Å²) in [4.78, 5) is 4.94. The van der Waals surface area contributed by atoms with Gasteiger partial charge in [0.15, 0.2) is 0 Å². The molecule has 0 atom stereocenters. The zero-order valence-electron chi connectivity index (χ0n) is 14.3. The van der Waals surface area contributed by atoms with Crippen LogP contribution in [0.4, 0.5) is 5.69 Å². The zero-order valence-corrected chi connectivity index (χ0v) is 15.9. The van der Waals surface area contributed by atoms with Gasteiger partial charge in [-0.15, -0.1) is 11.3 Å². The van der Waals surface area contributed by atoms with E-state index in [0.29, 0.717) is 16.4 Å². The summed E-state index contributed by atoms with van der Waals surface area (Å²) in [5.41, 5.74) is 1.38. The Balaban J connectivity index is 1.72. The lowest BCUT2D eigenvalue weighted by Gasteiger charge is -2.19. The van der Waals surface area contributed by atoms with E-state index in [9.17, 15) is 8.42 Å². The Morgan fingerprint density at radius 3 is 2.33 bits per heavy atom. The van der Waals surface area contributed by atoms with Crippen molar-refractivity contribution in [2.45, 2.75) is 4.90 Å². The van der Waals surface area contributed by atoms with Gasteiger partial charge in [0.25, 0.3) is 15.9 Å². The molecule has 27 heavy (non-hydrogen) atoms. The Bertz CT molecular complexity index is 1150. The third-order valence-electron chi connectivity index (χ3n) is 4.04. The van der Waals surface area contributed by atoms with E-state index in [1.165, 1.54) is 22.7 Å². The van der Waals surface area contributed by atoms with Gasteiger partial charge < -0.3 is 4.52 Å². The molecular weight excluding hydrogens is 382 g/mol. The smallest absolute Gasteiger partial charge is 0.269 e. The average Bonchev–Trinajstić information content (AvgIpc) is 3.38. The van der Waals surface area contributed by atoms with Gasteiger partial charge in [0, 0.05) is 12.6 Å². The standard InChI is InChI=1S/C19H15N3O3S2/c1-22(15-10-6-3-7-11-15)27(23,24)16-12-13-26-17(16)19-20-18(21-25-19)14-8-4-2-5-9-14/h2-13H,1H3. The first-order chi connectivity index (χ1) is 13.1. The number of benzene rings is 2. The van der Waals surface area contributed by atoms with Crippen molar-refractivity contribution in [1.29, 1.82) is 0 Å². The highest BCUT2D eigenvalue weighted by molar-refractivity contribution is 7.93. The molecule has 0 amide bonds. The predicted octanol–water partition coefficient (Wildman–Crippen LogP) is 4.29. The van der Waals surface area contributed by atoms with Crippen LogP contribution in [0.25, 0.3) is 22.2 Å². The van der Waals surface area contributed by atoms with Crippen LogP contribution in [0.5, 0.6) is 0 Å². The Labute approximate surface area is 160 Å². The highest BCUT2D eigenvalue weighted by atomic mass is 32.2. The zero-order chi connectivity index (χ0) is 18.9. The van der Waals surface area contributed by atoms with Crippen LogP contribution in [0.2, 0.25) is 0 Å². The Hall–Kier alpha value is -2.97. The maximum Gasteiger partial charge on any atom is 0.269 e. The van der Waals surface area contributed by atoms with Gasteiger partial charge in [0.1, 0.15) is 9.77 Å². The predicted molar refractivity (Wildman–Crippen MR) is 105 cm³/mol. The number of aromatic nitrogens is 2. The highest BCUT2D eigenvalue weighted by Gasteiger charge is 2.28. The molecule has 0 spiro atoms. The summed E-state index contributed by atoms with van der Waals surface area (Å²) in [7, 11) is -2.24. The van der Waals surface area contributed by atoms with Crippen LogP contribution >= 0.6 is 11.3 Å². The first kappa shape index (κ1) is 17.4. The number of para-hydroxylation sites is 1. The van der Waals surface area contributed by atoms with Crippen molar-refractivity contribution < 1.29 is 12.9 Å². The largest absolute Gasteiger partial charge is 0.333 e. The summed E-state index contributed by atoms with van der Waals surface area (Å²) in [5.74, 6) is 0.600. The molecule has 0 aliphatic carbocycles. The molecule has 0 bridgehead atoms. The van der Waals surface area contributed by atoms with Gasteiger partial charge >= 0.3 is 0 Å². The first-order valence-corrected chi connectivity index (χ1v) is 10.4. The highest BCUT2D eigenvalue weighted by Crippen LogP contribution is 2.35. The molecule has 0 aliphatic heterocycles. The lowest BCUT2D eigenvalue weighted by atomic mass is 10.2. The van der Waals surface area contributed by atoms with Crippen molar-refractivity contribution in [2.24, 2.45) is 0 Å². The molecule has 6 nitrogen and oxygen atoms in total. The molecule has 4 rings (SSSR count). The molecule has 0 radical (unpaired) electrons. The molecule has 136 valence electrons. The van der Waals surface area contributed by atoms with E-state index >= 15 is 0 Å². The number of sulfonamides is 1. The number of hydrogen-bond acceptors (Lipinski definition) is 6. The van der Waals surface area contributed by atoms with Crippen molar-refractivity contribution in [3.63, 3.8) is 0 Å². The summed E-state index contributed by atoms with van der Waals surface area (Å²) in [6, 6.07) is 19.8. The lowest BCUT2D eigenvalue weighted by Crippen LogP contribution is -2.26. The quantitative estimate of drug-likeness (QED) is 0.502. The summed E-state index contributed by atoms with van der Waals surface area (Å²) in [6.45, 7) is 0. The van der Waals surface area contributed by atoms with E-state index < -0.39 is 10.0 Å². The fraction of sp³-hybridized carbons (Fsp3) is 0.0526. The molecule has 0 N–H and O–H groups in total. The Morgan fingerprint density at radius 2 is 1.63 bits per heavy atom. The molecular formula is C19H15N3O3S2. The molecule has 2 aromatic carbocycles. The summed E-state index contributed by atoms with van der Waals surface area (Å²) in [6.07, 6.45) is 0. The van der Waals surface area contributed by atoms with Crippen LogP contribution in [0.3, 0.4) is 0 Å².